The molecule has 0 spiro atoms. The molecule has 1 aromatic rings. The molecule has 0 saturated heterocycles. The summed E-state index contributed by atoms with van der Waals surface area (Å²) in [7, 11) is 0. The predicted octanol–water partition coefficient (Wildman–Crippen LogP) is 3.51. The van der Waals surface area contributed by atoms with Crippen LogP contribution in [0, 0.1) is 6.92 Å². The smallest absolute Gasteiger partial charge is 0.223 e. The van der Waals surface area contributed by atoms with Gasteiger partial charge in [0.15, 0.2) is 0 Å². The van der Waals surface area contributed by atoms with Gasteiger partial charge in [-0.25, -0.2) is 9.97 Å². The molecule has 90 valence electrons. The van der Waals surface area contributed by atoms with Gasteiger partial charge in [-0.2, -0.15) is 0 Å². The van der Waals surface area contributed by atoms with Crippen LogP contribution in [0.2, 0.25) is 0 Å². The quantitative estimate of drug-likeness (QED) is 0.826. The highest BCUT2D eigenvalue weighted by Gasteiger charge is 2.07. The van der Waals surface area contributed by atoms with Crippen LogP contribution in [0.3, 0.4) is 0 Å². The fourth-order valence-electron chi connectivity index (χ4n) is 1.68. The molecule has 0 saturated carbocycles. The van der Waals surface area contributed by atoms with Crippen molar-refractivity contribution < 1.29 is 0 Å². The van der Waals surface area contributed by atoms with E-state index in [1.807, 2.05) is 6.92 Å². The topological polar surface area (TPSA) is 37.8 Å². The summed E-state index contributed by atoms with van der Waals surface area (Å²) in [6, 6.07) is 2.49. The number of nitrogens with one attached hydrogen (secondary N) is 1. The zero-order valence-electron chi connectivity index (χ0n) is 11.0. The molecule has 0 amide bonds. The molecule has 0 aliphatic heterocycles. The van der Waals surface area contributed by atoms with Gasteiger partial charge in [0, 0.05) is 17.4 Å². The summed E-state index contributed by atoms with van der Waals surface area (Å²) in [6.07, 6.45) is 2.32. The van der Waals surface area contributed by atoms with E-state index in [2.05, 4.69) is 49.0 Å². The van der Waals surface area contributed by atoms with Crippen molar-refractivity contribution in [3.8, 4) is 0 Å². The van der Waals surface area contributed by atoms with Crippen molar-refractivity contribution in [2.75, 3.05) is 5.32 Å². The van der Waals surface area contributed by atoms with Gasteiger partial charge in [-0.3, -0.25) is 0 Å². The first-order valence-corrected chi connectivity index (χ1v) is 6.15. The Morgan fingerprint density at radius 1 is 1.25 bits per heavy atom. The third-order valence-electron chi connectivity index (χ3n) is 2.56. The Hall–Kier alpha value is -1.12. The summed E-state index contributed by atoms with van der Waals surface area (Å²) >= 11 is 0. The summed E-state index contributed by atoms with van der Waals surface area (Å²) in [4.78, 5) is 8.95. The van der Waals surface area contributed by atoms with Gasteiger partial charge in [-0.1, -0.05) is 27.2 Å². The highest BCUT2D eigenvalue weighted by molar-refractivity contribution is 5.30. The second-order valence-corrected chi connectivity index (χ2v) is 4.75. The predicted molar refractivity (Wildman–Crippen MR) is 68.9 cm³/mol. The standard InChI is InChI=1S/C13H23N3/c1-6-7-10(4)14-13-15-11(5)8-12(16-13)9(2)3/h8-10H,6-7H2,1-5H3,(H,14,15,16). The lowest BCUT2D eigenvalue weighted by atomic mass is 10.1. The fraction of sp³-hybridized carbons (Fsp3) is 0.692. The highest BCUT2D eigenvalue weighted by Crippen LogP contribution is 2.15. The van der Waals surface area contributed by atoms with Crippen molar-refractivity contribution in [2.24, 2.45) is 0 Å². The summed E-state index contributed by atoms with van der Waals surface area (Å²) in [5.41, 5.74) is 2.14. The number of rotatable bonds is 5. The lowest BCUT2D eigenvalue weighted by Crippen LogP contribution is -2.17. The molecular formula is C13H23N3. The molecule has 0 aromatic carbocycles. The van der Waals surface area contributed by atoms with Crippen LogP contribution in [0.5, 0.6) is 0 Å². The van der Waals surface area contributed by atoms with Gasteiger partial charge in [0.05, 0.1) is 0 Å². The lowest BCUT2D eigenvalue weighted by Gasteiger charge is -2.14. The Morgan fingerprint density at radius 2 is 1.94 bits per heavy atom. The van der Waals surface area contributed by atoms with E-state index in [4.69, 9.17) is 0 Å². The lowest BCUT2D eigenvalue weighted by molar-refractivity contribution is 0.680. The number of aromatic nitrogens is 2. The minimum atomic E-state index is 0.437. The Labute approximate surface area is 98.7 Å². The van der Waals surface area contributed by atoms with E-state index in [-0.39, 0.29) is 0 Å². The molecule has 0 fully saturated rings. The molecule has 1 unspecified atom stereocenters. The van der Waals surface area contributed by atoms with Crippen LogP contribution in [0.25, 0.3) is 0 Å². The molecule has 1 atom stereocenters. The van der Waals surface area contributed by atoms with Crippen LogP contribution in [0.1, 0.15) is 57.8 Å². The number of hydrogen-bond donors (Lipinski definition) is 1. The Balaban J connectivity index is 2.80. The normalized spacial score (nSPS) is 12.9. The minimum Gasteiger partial charge on any atom is -0.352 e. The van der Waals surface area contributed by atoms with Crippen molar-refractivity contribution in [1.82, 2.24) is 9.97 Å². The Morgan fingerprint density at radius 3 is 2.50 bits per heavy atom. The van der Waals surface area contributed by atoms with Gasteiger partial charge in [0.1, 0.15) is 0 Å². The first-order valence-electron chi connectivity index (χ1n) is 6.15. The maximum absolute atomic E-state index is 4.53. The molecule has 3 nitrogen and oxygen atoms in total. The Bertz CT molecular complexity index is 334. The van der Waals surface area contributed by atoms with E-state index in [1.54, 1.807) is 0 Å². The van der Waals surface area contributed by atoms with E-state index < -0.39 is 0 Å². The van der Waals surface area contributed by atoms with Crippen LogP contribution in [-0.2, 0) is 0 Å². The van der Waals surface area contributed by atoms with Crippen molar-refractivity contribution >= 4 is 5.95 Å². The molecule has 0 aliphatic carbocycles. The molecule has 0 aliphatic rings. The fourth-order valence-corrected chi connectivity index (χ4v) is 1.68. The first-order chi connectivity index (χ1) is 7.52. The molecule has 0 radical (unpaired) electrons. The third-order valence-corrected chi connectivity index (χ3v) is 2.56. The summed E-state index contributed by atoms with van der Waals surface area (Å²) in [5, 5.41) is 3.36. The summed E-state index contributed by atoms with van der Waals surface area (Å²) < 4.78 is 0. The van der Waals surface area contributed by atoms with E-state index >= 15 is 0 Å². The van der Waals surface area contributed by atoms with Gasteiger partial charge < -0.3 is 5.32 Å². The van der Waals surface area contributed by atoms with Gasteiger partial charge in [0.25, 0.3) is 0 Å². The molecule has 1 heterocycles. The highest BCUT2D eigenvalue weighted by atomic mass is 15.1. The Kier molecular flexibility index (Phi) is 4.71. The maximum atomic E-state index is 4.53. The minimum absolute atomic E-state index is 0.437. The third kappa shape index (κ3) is 3.80. The van der Waals surface area contributed by atoms with E-state index in [1.165, 1.54) is 6.42 Å². The molecule has 16 heavy (non-hydrogen) atoms. The summed E-state index contributed by atoms with van der Waals surface area (Å²) in [6.45, 7) is 10.7. The number of hydrogen-bond acceptors (Lipinski definition) is 3. The van der Waals surface area contributed by atoms with Crippen LogP contribution < -0.4 is 5.32 Å². The number of aryl methyl sites for hydroxylation is 1. The SMILES string of the molecule is CCCC(C)Nc1nc(C)cc(C(C)C)n1. The van der Waals surface area contributed by atoms with E-state index in [0.717, 1.165) is 23.8 Å². The van der Waals surface area contributed by atoms with Crippen molar-refractivity contribution in [3.05, 3.63) is 17.5 Å². The molecule has 0 bridgehead atoms. The molecular weight excluding hydrogens is 198 g/mol. The zero-order chi connectivity index (χ0) is 12.1. The maximum Gasteiger partial charge on any atom is 0.223 e. The average molecular weight is 221 g/mol. The zero-order valence-corrected chi connectivity index (χ0v) is 11.0. The monoisotopic (exact) mass is 221 g/mol. The summed E-state index contributed by atoms with van der Waals surface area (Å²) in [5.74, 6) is 1.22. The van der Waals surface area contributed by atoms with Crippen molar-refractivity contribution in [2.45, 2.75) is 59.4 Å². The molecule has 1 rings (SSSR count). The number of anilines is 1. The van der Waals surface area contributed by atoms with Gasteiger partial charge in [0.2, 0.25) is 5.95 Å². The van der Waals surface area contributed by atoms with E-state index in [9.17, 15) is 0 Å². The van der Waals surface area contributed by atoms with Crippen molar-refractivity contribution in [3.63, 3.8) is 0 Å². The molecule has 1 N–H and O–H groups in total. The van der Waals surface area contributed by atoms with Gasteiger partial charge in [-0.05, 0) is 32.3 Å². The van der Waals surface area contributed by atoms with Gasteiger partial charge >= 0.3 is 0 Å². The number of nitrogens with zero attached hydrogens (tertiary/aromatic N) is 2. The second kappa shape index (κ2) is 5.83. The van der Waals surface area contributed by atoms with Crippen LogP contribution in [0.15, 0.2) is 6.07 Å². The van der Waals surface area contributed by atoms with Crippen molar-refractivity contribution in [1.29, 1.82) is 0 Å². The molecule has 1 aromatic heterocycles. The largest absolute Gasteiger partial charge is 0.352 e. The second-order valence-electron chi connectivity index (χ2n) is 4.75. The average Bonchev–Trinajstić information content (AvgIpc) is 2.16. The van der Waals surface area contributed by atoms with Crippen LogP contribution in [-0.4, -0.2) is 16.0 Å². The van der Waals surface area contributed by atoms with E-state index in [0.29, 0.717) is 12.0 Å². The molecule has 3 heteroatoms. The van der Waals surface area contributed by atoms with Crippen LogP contribution in [0.4, 0.5) is 5.95 Å². The first kappa shape index (κ1) is 12.9. The van der Waals surface area contributed by atoms with Crippen LogP contribution >= 0.6 is 0 Å². The van der Waals surface area contributed by atoms with Gasteiger partial charge in [-0.15, -0.1) is 0 Å².